The third kappa shape index (κ3) is 3.03. The predicted octanol–water partition coefficient (Wildman–Crippen LogP) is 2.44. The van der Waals surface area contributed by atoms with Crippen molar-refractivity contribution in [1.82, 2.24) is 10.2 Å². The van der Waals surface area contributed by atoms with Crippen LogP contribution in [-0.4, -0.2) is 38.7 Å². The average molecular weight is 248 g/mol. The van der Waals surface area contributed by atoms with Gasteiger partial charge in [0.1, 0.15) is 5.75 Å². The van der Waals surface area contributed by atoms with Crippen molar-refractivity contribution in [2.24, 2.45) is 0 Å². The predicted molar refractivity (Wildman–Crippen MR) is 75.1 cm³/mol. The number of hydrogen-bond donors (Lipinski definition) is 1. The first-order valence-electron chi connectivity index (χ1n) is 6.88. The maximum atomic E-state index is 5.52. The molecule has 0 aromatic heterocycles. The molecule has 0 aliphatic carbocycles. The van der Waals surface area contributed by atoms with E-state index >= 15 is 0 Å². The fraction of sp³-hybridized carbons (Fsp3) is 0.600. The first-order chi connectivity index (χ1) is 8.86. The zero-order chi connectivity index (χ0) is 12.8. The second-order valence-corrected chi connectivity index (χ2v) is 4.89. The molecule has 0 spiro atoms. The molecule has 0 radical (unpaired) electrons. The van der Waals surface area contributed by atoms with Gasteiger partial charge in [-0.1, -0.05) is 18.2 Å². The van der Waals surface area contributed by atoms with Gasteiger partial charge in [-0.05, 0) is 52.0 Å². The summed E-state index contributed by atoms with van der Waals surface area (Å²) in [6, 6.07) is 8.91. The molecule has 1 aromatic rings. The first kappa shape index (κ1) is 13.4. The number of likely N-dealkylation sites (tertiary alicyclic amines) is 1. The van der Waals surface area contributed by atoms with Crippen molar-refractivity contribution < 1.29 is 4.74 Å². The molecule has 1 aliphatic heterocycles. The van der Waals surface area contributed by atoms with Crippen molar-refractivity contribution in [3.05, 3.63) is 29.8 Å². The molecule has 3 nitrogen and oxygen atoms in total. The Labute approximate surface area is 110 Å². The SMILES string of the molecule is CNCCC(c1ccccc1OC)N1CCCC1. The molecule has 0 saturated carbocycles. The molecule has 1 aliphatic rings. The van der Waals surface area contributed by atoms with Gasteiger partial charge in [0.15, 0.2) is 0 Å². The van der Waals surface area contributed by atoms with Gasteiger partial charge in [-0.3, -0.25) is 4.90 Å². The van der Waals surface area contributed by atoms with E-state index in [2.05, 4.69) is 28.4 Å². The van der Waals surface area contributed by atoms with Gasteiger partial charge in [-0.2, -0.15) is 0 Å². The highest BCUT2D eigenvalue weighted by molar-refractivity contribution is 5.36. The minimum Gasteiger partial charge on any atom is -0.496 e. The number of methoxy groups -OCH3 is 1. The van der Waals surface area contributed by atoms with Crippen molar-refractivity contribution in [2.75, 3.05) is 33.8 Å². The zero-order valence-electron chi connectivity index (χ0n) is 11.5. The van der Waals surface area contributed by atoms with E-state index in [0.29, 0.717) is 6.04 Å². The van der Waals surface area contributed by atoms with Gasteiger partial charge < -0.3 is 10.1 Å². The van der Waals surface area contributed by atoms with E-state index in [1.165, 1.54) is 31.5 Å². The molecule has 1 unspecified atom stereocenters. The van der Waals surface area contributed by atoms with Crippen molar-refractivity contribution in [1.29, 1.82) is 0 Å². The maximum absolute atomic E-state index is 5.52. The number of rotatable bonds is 6. The van der Waals surface area contributed by atoms with Crippen LogP contribution in [0.2, 0.25) is 0 Å². The van der Waals surface area contributed by atoms with Crippen molar-refractivity contribution in [3.8, 4) is 5.75 Å². The van der Waals surface area contributed by atoms with E-state index in [0.717, 1.165) is 18.7 Å². The van der Waals surface area contributed by atoms with Crippen LogP contribution in [0.1, 0.15) is 30.9 Å². The Morgan fingerprint density at radius 3 is 2.67 bits per heavy atom. The molecule has 2 rings (SSSR count). The highest BCUT2D eigenvalue weighted by Crippen LogP contribution is 2.33. The van der Waals surface area contributed by atoms with Gasteiger partial charge in [0, 0.05) is 11.6 Å². The number of hydrogen-bond acceptors (Lipinski definition) is 3. The van der Waals surface area contributed by atoms with Crippen LogP contribution in [0.15, 0.2) is 24.3 Å². The van der Waals surface area contributed by atoms with E-state index < -0.39 is 0 Å². The van der Waals surface area contributed by atoms with E-state index in [-0.39, 0.29) is 0 Å². The summed E-state index contributed by atoms with van der Waals surface area (Å²) in [5, 5.41) is 3.26. The van der Waals surface area contributed by atoms with Gasteiger partial charge in [0.2, 0.25) is 0 Å². The van der Waals surface area contributed by atoms with Gasteiger partial charge >= 0.3 is 0 Å². The summed E-state index contributed by atoms with van der Waals surface area (Å²) in [7, 11) is 3.78. The molecule has 3 heteroatoms. The number of ether oxygens (including phenoxy) is 1. The van der Waals surface area contributed by atoms with Gasteiger partial charge in [0.05, 0.1) is 7.11 Å². The standard InChI is InChI=1S/C15H24N2O/c1-16-10-9-14(17-11-5-6-12-17)13-7-3-4-8-15(13)18-2/h3-4,7-8,14,16H,5-6,9-12H2,1-2H3. The Hall–Kier alpha value is -1.06. The van der Waals surface area contributed by atoms with E-state index in [1.54, 1.807) is 7.11 Å². The van der Waals surface area contributed by atoms with Crippen molar-refractivity contribution >= 4 is 0 Å². The highest BCUT2D eigenvalue weighted by atomic mass is 16.5. The summed E-state index contributed by atoms with van der Waals surface area (Å²) in [6.07, 6.45) is 3.78. The molecule has 1 fully saturated rings. The summed E-state index contributed by atoms with van der Waals surface area (Å²) in [6.45, 7) is 3.47. The average Bonchev–Trinajstić information content (AvgIpc) is 2.94. The van der Waals surface area contributed by atoms with Gasteiger partial charge in [0.25, 0.3) is 0 Å². The highest BCUT2D eigenvalue weighted by Gasteiger charge is 2.25. The minimum atomic E-state index is 0.482. The third-order valence-electron chi connectivity index (χ3n) is 3.75. The van der Waals surface area contributed by atoms with E-state index in [9.17, 15) is 0 Å². The summed E-state index contributed by atoms with van der Waals surface area (Å²) in [4.78, 5) is 2.59. The molecule has 1 atom stereocenters. The lowest BCUT2D eigenvalue weighted by Crippen LogP contribution is -2.28. The summed E-state index contributed by atoms with van der Waals surface area (Å²) in [5.74, 6) is 1.02. The Morgan fingerprint density at radius 1 is 1.28 bits per heavy atom. The Bertz CT molecular complexity index is 361. The van der Waals surface area contributed by atoms with Crippen LogP contribution in [0, 0.1) is 0 Å². The van der Waals surface area contributed by atoms with Crippen LogP contribution in [0.3, 0.4) is 0 Å². The number of benzene rings is 1. The molecule has 0 amide bonds. The van der Waals surface area contributed by atoms with Gasteiger partial charge in [-0.15, -0.1) is 0 Å². The second-order valence-electron chi connectivity index (χ2n) is 4.89. The number of para-hydroxylation sites is 1. The molecule has 0 bridgehead atoms. The van der Waals surface area contributed by atoms with Gasteiger partial charge in [-0.25, -0.2) is 0 Å². The molecular weight excluding hydrogens is 224 g/mol. The number of nitrogens with one attached hydrogen (secondary N) is 1. The summed E-state index contributed by atoms with van der Waals surface area (Å²) in [5.41, 5.74) is 1.33. The Morgan fingerprint density at radius 2 is 2.00 bits per heavy atom. The molecule has 18 heavy (non-hydrogen) atoms. The van der Waals surface area contributed by atoms with Crippen molar-refractivity contribution in [2.45, 2.75) is 25.3 Å². The minimum absolute atomic E-state index is 0.482. The quantitative estimate of drug-likeness (QED) is 0.837. The van der Waals surface area contributed by atoms with Crippen LogP contribution >= 0.6 is 0 Å². The lowest BCUT2D eigenvalue weighted by molar-refractivity contribution is 0.227. The molecule has 1 aromatic carbocycles. The first-order valence-corrected chi connectivity index (χ1v) is 6.88. The smallest absolute Gasteiger partial charge is 0.123 e. The van der Waals surface area contributed by atoms with E-state index in [4.69, 9.17) is 4.74 Å². The van der Waals surface area contributed by atoms with Crippen molar-refractivity contribution in [3.63, 3.8) is 0 Å². The third-order valence-corrected chi connectivity index (χ3v) is 3.75. The lowest BCUT2D eigenvalue weighted by atomic mass is 10.0. The molecular formula is C15H24N2O. The number of nitrogens with zero attached hydrogens (tertiary/aromatic N) is 1. The van der Waals surface area contributed by atoms with Crippen LogP contribution in [0.4, 0.5) is 0 Å². The topological polar surface area (TPSA) is 24.5 Å². The monoisotopic (exact) mass is 248 g/mol. The fourth-order valence-electron chi connectivity index (χ4n) is 2.81. The Balaban J connectivity index is 2.20. The Kier molecular flexibility index (Phi) is 5.02. The normalized spacial score (nSPS) is 17.9. The zero-order valence-corrected chi connectivity index (χ0v) is 11.5. The fourth-order valence-corrected chi connectivity index (χ4v) is 2.81. The lowest BCUT2D eigenvalue weighted by Gasteiger charge is -2.29. The molecule has 100 valence electrons. The maximum Gasteiger partial charge on any atom is 0.123 e. The van der Waals surface area contributed by atoms with E-state index in [1.807, 2.05) is 13.1 Å². The van der Waals surface area contributed by atoms with Crippen LogP contribution in [0.25, 0.3) is 0 Å². The molecule has 1 N–H and O–H groups in total. The molecule has 1 heterocycles. The largest absolute Gasteiger partial charge is 0.496 e. The van der Waals surface area contributed by atoms with Crippen LogP contribution in [-0.2, 0) is 0 Å². The summed E-state index contributed by atoms with van der Waals surface area (Å²) < 4.78 is 5.52. The van der Waals surface area contributed by atoms with Crippen LogP contribution < -0.4 is 10.1 Å². The summed E-state index contributed by atoms with van der Waals surface area (Å²) >= 11 is 0. The second kappa shape index (κ2) is 6.76. The molecule has 1 saturated heterocycles. The van der Waals surface area contributed by atoms with Crippen LogP contribution in [0.5, 0.6) is 5.75 Å².